The molecular weight excluding hydrogens is 204 g/mol. The molecule has 0 aromatic rings. The van der Waals surface area contributed by atoms with E-state index < -0.39 is 0 Å². The maximum Gasteiger partial charge on any atom is 0.244 e. The molecule has 14 heavy (non-hydrogen) atoms. The Morgan fingerprint density at radius 3 is 2.64 bits per heavy atom. The van der Waals surface area contributed by atoms with E-state index in [2.05, 4.69) is 0 Å². The van der Waals surface area contributed by atoms with Crippen LogP contribution >= 0.6 is 11.6 Å². The zero-order valence-corrected chi connectivity index (χ0v) is 9.25. The Morgan fingerprint density at radius 2 is 2.14 bits per heavy atom. The number of hydrogen-bond acceptors (Lipinski definition) is 2. The Labute approximate surface area is 88.8 Å². The van der Waals surface area contributed by atoms with Gasteiger partial charge in [0.25, 0.3) is 0 Å². The minimum absolute atomic E-state index is 0.0130. The van der Waals surface area contributed by atoms with E-state index in [0.717, 1.165) is 12.8 Å². The average Bonchev–Trinajstić information content (AvgIpc) is 2.63. The van der Waals surface area contributed by atoms with Crippen LogP contribution in [-0.2, 0) is 9.59 Å². The minimum Gasteiger partial charge on any atom is -0.347 e. The molecule has 1 atom stereocenters. The van der Waals surface area contributed by atoms with Crippen LogP contribution in [-0.4, -0.2) is 54.2 Å². The third-order valence-corrected chi connectivity index (χ3v) is 2.64. The molecule has 4 nitrogen and oxygen atoms in total. The van der Waals surface area contributed by atoms with Crippen LogP contribution in [0.25, 0.3) is 0 Å². The maximum absolute atomic E-state index is 11.7. The van der Waals surface area contributed by atoms with Gasteiger partial charge < -0.3 is 9.80 Å². The van der Waals surface area contributed by atoms with Gasteiger partial charge in [0.15, 0.2) is 0 Å². The number of amides is 2. The molecule has 1 fully saturated rings. The summed E-state index contributed by atoms with van der Waals surface area (Å²) in [4.78, 5) is 26.1. The van der Waals surface area contributed by atoms with Crippen LogP contribution in [0.5, 0.6) is 0 Å². The molecule has 0 bridgehead atoms. The third kappa shape index (κ3) is 2.18. The van der Waals surface area contributed by atoms with Gasteiger partial charge in [0.1, 0.15) is 11.9 Å². The Hall–Kier alpha value is -0.770. The highest BCUT2D eigenvalue weighted by molar-refractivity contribution is 6.27. The van der Waals surface area contributed by atoms with Crippen molar-refractivity contribution in [1.82, 2.24) is 9.80 Å². The third-order valence-electron chi connectivity index (χ3n) is 2.41. The second-order valence-electron chi connectivity index (χ2n) is 3.61. The molecule has 1 aliphatic rings. The number of halogens is 1. The molecule has 0 aromatic heterocycles. The average molecular weight is 219 g/mol. The second-order valence-corrected chi connectivity index (χ2v) is 3.88. The topological polar surface area (TPSA) is 40.6 Å². The lowest BCUT2D eigenvalue weighted by Gasteiger charge is -2.25. The molecule has 0 aliphatic carbocycles. The van der Waals surface area contributed by atoms with Gasteiger partial charge in [0, 0.05) is 20.6 Å². The lowest BCUT2D eigenvalue weighted by atomic mass is 10.2. The van der Waals surface area contributed by atoms with Crippen LogP contribution in [0.2, 0.25) is 0 Å². The van der Waals surface area contributed by atoms with Gasteiger partial charge in [-0.25, -0.2) is 0 Å². The smallest absolute Gasteiger partial charge is 0.244 e. The summed E-state index contributed by atoms with van der Waals surface area (Å²) in [5.41, 5.74) is 0. The van der Waals surface area contributed by atoms with E-state index in [-0.39, 0.29) is 23.7 Å². The largest absolute Gasteiger partial charge is 0.347 e. The van der Waals surface area contributed by atoms with Gasteiger partial charge >= 0.3 is 0 Å². The van der Waals surface area contributed by atoms with Gasteiger partial charge in [-0.15, -0.1) is 11.6 Å². The van der Waals surface area contributed by atoms with Crippen molar-refractivity contribution in [1.29, 1.82) is 0 Å². The fourth-order valence-corrected chi connectivity index (χ4v) is 1.85. The first-order valence-electron chi connectivity index (χ1n) is 4.64. The first-order chi connectivity index (χ1) is 6.57. The summed E-state index contributed by atoms with van der Waals surface area (Å²) >= 11 is 5.47. The number of carbonyl (C=O) groups excluding carboxylic acids is 2. The molecule has 0 radical (unpaired) electrons. The molecule has 1 aliphatic heterocycles. The number of likely N-dealkylation sites (tertiary alicyclic amines) is 1. The Morgan fingerprint density at radius 1 is 1.50 bits per heavy atom. The van der Waals surface area contributed by atoms with E-state index in [4.69, 9.17) is 11.6 Å². The SMILES string of the molecule is CN(C)C(=O)[C@@H]1CCCN1C(=O)CCl. The summed E-state index contributed by atoms with van der Waals surface area (Å²) in [5.74, 6) is -0.206. The van der Waals surface area contributed by atoms with Gasteiger partial charge in [-0.2, -0.15) is 0 Å². The summed E-state index contributed by atoms with van der Waals surface area (Å²) in [6, 6.07) is -0.295. The van der Waals surface area contributed by atoms with Gasteiger partial charge in [-0.05, 0) is 12.8 Å². The van der Waals surface area contributed by atoms with E-state index >= 15 is 0 Å². The van der Waals surface area contributed by atoms with E-state index in [1.54, 1.807) is 19.0 Å². The molecule has 1 saturated heterocycles. The second kappa shape index (κ2) is 4.64. The van der Waals surface area contributed by atoms with Crippen molar-refractivity contribution in [3.05, 3.63) is 0 Å². The fourth-order valence-electron chi connectivity index (χ4n) is 1.70. The molecule has 0 aromatic carbocycles. The quantitative estimate of drug-likeness (QED) is 0.626. The van der Waals surface area contributed by atoms with Crippen LogP contribution in [0.15, 0.2) is 0 Å². The zero-order chi connectivity index (χ0) is 10.7. The fraction of sp³-hybridized carbons (Fsp3) is 0.778. The Bertz CT molecular complexity index is 243. The number of carbonyl (C=O) groups is 2. The van der Waals surface area contributed by atoms with Crippen molar-refractivity contribution in [3.8, 4) is 0 Å². The summed E-state index contributed by atoms with van der Waals surface area (Å²) in [7, 11) is 3.40. The lowest BCUT2D eigenvalue weighted by Crippen LogP contribution is -2.45. The molecule has 5 heteroatoms. The predicted octanol–water partition coefficient (Wildman–Crippen LogP) is 0.304. The summed E-state index contributed by atoms with van der Waals surface area (Å²) in [6.45, 7) is 0.649. The van der Waals surface area contributed by atoms with E-state index in [1.807, 2.05) is 0 Å². The Balaban J connectivity index is 2.68. The Kier molecular flexibility index (Phi) is 3.75. The summed E-state index contributed by atoms with van der Waals surface area (Å²) in [6.07, 6.45) is 1.63. The highest BCUT2D eigenvalue weighted by Crippen LogP contribution is 2.18. The number of likely N-dealkylation sites (N-methyl/N-ethyl adjacent to an activating group) is 1. The zero-order valence-electron chi connectivity index (χ0n) is 8.49. The van der Waals surface area contributed by atoms with E-state index in [1.165, 1.54) is 4.90 Å². The molecule has 0 saturated carbocycles. The van der Waals surface area contributed by atoms with Crippen molar-refractivity contribution in [2.75, 3.05) is 26.5 Å². The van der Waals surface area contributed by atoms with Crippen LogP contribution in [0.4, 0.5) is 0 Å². The number of rotatable bonds is 2. The molecule has 2 amide bonds. The van der Waals surface area contributed by atoms with Crippen molar-refractivity contribution in [3.63, 3.8) is 0 Å². The monoisotopic (exact) mass is 218 g/mol. The van der Waals surface area contributed by atoms with E-state index in [0.29, 0.717) is 6.54 Å². The van der Waals surface area contributed by atoms with Crippen LogP contribution in [0, 0.1) is 0 Å². The van der Waals surface area contributed by atoms with Crippen LogP contribution in [0.1, 0.15) is 12.8 Å². The minimum atomic E-state index is -0.295. The van der Waals surface area contributed by atoms with E-state index in [9.17, 15) is 9.59 Å². The summed E-state index contributed by atoms with van der Waals surface area (Å²) in [5, 5.41) is 0. The van der Waals surface area contributed by atoms with Gasteiger partial charge in [-0.3, -0.25) is 9.59 Å². The molecular formula is C9H15ClN2O2. The number of hydrogen-bond donors (Lipinski definition) is 0. The van der Waals surface area contributed by atoms with Crippen molar-refractivity contribution < 1.29 is 9.59 Å². The first kappa shape index (κ1) is 11.3. The molecule has 80 valence electrons. The van der Waals surface area contributed by atoms with Crippen LogP contribution < -0.4 is 0 Å². The molecule has 0 N–H and O–H groups in total. The maximum atomic E-state index is 11.7. The van der Waals surface area contributed by atoms with Gasteiger partial charge in [0.2, 0.25) is 11.8 Å². The standard InChI is InChI=1S/C9H15ClN2O2/c1-11(2)9(14)7-4-3-5-12(7)8(13)6-10/h7H,3-6H2,1-2H3/t7-/m0/s1. The lowest BCUT2D eigenvalue weighted by molar-refractivity contribution is -0.140. The van der Waals surface area contributed by atoms with Crippen LogP contribution in [0.3, 0.4) is 0 Å². The van der Waals surface area contributed by atoms with Gasteiger partial charge in [0.05, 0.1) is 0 Å². The molecule has 0 spiro atoms. The predicted molar refractivity (Wildman–Crippen MR) is 54.1 cm³/mol. The highest BCUT2D eigenvalue weighted by Gasteiger charge is 2.34. The van der Waals surface area contributed by atoms with Crippen molar-refractivity contribution in [2.24, 2.45) is 0 Å². The van der Waals surface area contributed by atoms with Crippen molar-refractivity contribution in [2.45, 2.75) is 18.9 Å². The van der Waals surface area contributed by atoms with Crippen molar-refractivity contribution >= 4 is 23.4 Å². The normalized spacial score (nSPS) is 21.1. The molecule has 1 rings (SSSR count). The molecule has 1 heterocycles. The summed E-state index contributed by atoms with van der Waals surface area (Å²) < 4.78 is 0. The first-order valence-corrected chi connectivity index (χ1v) is 5.18. The van der Waals surface area contributed by atoms with Gasteiger partial charge in [-0.1, -0.05) is 0 Å². The number of alkyl halides is 1. The molecule has 0 unspecified atom stereocenters. The number of nitrogens with zero attached hydrogens (tertiary/aromatic N) is 2. The highest BCUT2D eigenvalue weighted by atomic mass is 35.5.